The van der Waals surface area contributed by atoms with E-state index >= 15 is 0 Å². The van der Waals surface area contributed by atoms with E-state index in [2.05, 4.69) is 27.7 Å². The Labute approximate surface area is 69.8 Å². The van der Waals surface area contributed by atoms with Crippen molar-refractivity contribution in [3.8, 4) is 0 Å². The zero-order valence-electron chi connectivity index (χ0n) is 8.17. The molecule has 0 unspecified atom stereocenters. The predicted octanol–water partition coefficient (Wildman–Crippen LogP) is 1.90. The third-order valence-electron chi connectivity index (χ3n) is 2.68. The van der Waals surface area contributed by atoms with Crippen LogP contribution in [0, 0.1) is 0 Å². The number of nitrogens with zero attached hydrogens (tertiary/aromatic N) is 1. The summed E-state index contributed by atoms with van der Waals surface area (Å²) in [5.74, 6) is 0. The lowest BCUT2D eigenvalue weighted by atomic mass is 10.3. The Hall–Kier alpha value is -0.120. The largest absolute Gasteiger partial charge is 0.325 e. The first-order valence-electron chi connectivity index (χ1n) is 4.29. The highest BCUT2D eigenvalue weighted by atomic mass is 17.0. The van der Waals surface area contributed by atoms with Crippen molar-refractivity contribution in [3.05, 3.63) is 0 Å². The van der Waals surface area contributed by atoms with Crippen molar-refractivity contribution in [2.24, 2.45) is 0 Å². The smallest absolute Gasteiger partial charge is 0.0757 e. The summed E-state index contributed by atoms with van der Waals surface area (Å²) < 4.78 is 1.28. The minimum absolute atomic E-state index is 1.28. The highest BCUT2D eigenvalue weighted by molar-refractivity contribution is 4.31. The van der Waals surface area contributed by atoms with Crippen molar-refractivity contribution in [3.63, 3.8) is 0 Å². The second kappa shape index (κ2) is 7.98. The number of rotatable bonds is 4. The lowest BCUT2D eigenvalue weighted by Crippen LogP contribution is -2.47. The third kappa shape index (κ3) is 4.35. The van der Waals surface area contributed by atoms with Crippen LogP contribution in [-0.2, 0) is 0 Å². The van der Waals surface area contributed by atoms with E-state index in [0.29, 0.717) is 0 Å². The Morgan fingerprint density at radius 3 is 0.909 bits per heavy atom. The minimum Gasteiger partial charge on any atom is -0.325 e. The third-order valence-corrected chi connectivity index (χ3v) is 2.68. The molecule has 0 aliphatic carbocycles. The summed E-state index contributed by atoms with van der Waals surface area (Å²) in [6, 6.07) is 0. The quantitative estimate of drug-likeness (QED) is 0.378. The molecule has 2 N–H and O–H groups in total. The van der Waals surface area contributed by atoms with Crippen LogP contribution in [0.3, 0.4) is 0 Å². The Morgan fingerprint density at radius 2 is 0.909 bits per heavy atom. The van der Waals surface area contributed by atoms with Crippen molar-refractivity contribution >= 4 is 0 Å². The van der Waals surface area contributed by atoms with Gasteiger partial charge in [0.25, 0.3) is 0 Å². The molecular weight excluding hydrogens is 142 g/mol. The monoisotopic (exact) mass is 164 g/mol. The molecule has 11 heavy (non-hydrogen) atoms. The van der Waals surface area contributed by atoms with Crippen LogP contribution in [0.2, 0.25) is 0 Å². The molecule has 0 saturated carbocycles. The summed E-state index contributed by atoms with van der Waals surface area (Å²) in [6.07, 6.45) is 0. The van der Waals surface area contributed by atoms with Gasteiger partial charge in [0.2, 0.25) is 0 Å². The Morgan fingerprint density at radius 1 is 0.727 bits per heavy atom. The van der Waals surface area contributed by atoms with Crippen molar-refractivity contribution < 1.29 is 15.0 Å². The van der Waals surface area contributed by atoms with Crippen LogP contribution in [0.5, 0.6) is 0 Å². The lowest BCUT2D eigenvalue weighted by Gasteiger charge is -2.34. The van der Waals surface area contributed by atoms with E-state index in [0.717, 1.165) is 0 Å². The van der Waals surface area contributed by atoms with Crippen LogP contribution in [0.25, 0.3) is 0 Å². The Balaban J connectivity index is 0. The fraction of sp³-hybridized carbons (Fsp3) is 1.00. The topological polar surface area (TPSA) is 40.5 Å². The molecule has 0 spiro atoms. The summed E-state index contributed by atoms with van der Waals surface area (Å²) in [6.45, 7) is 14.2. The van der Waals surface area contributed by atoms with Gasteiger partial charge in [-0.05, 0) is 27.7 Å². The maximum atomic E-state index is 6.00. The molecule has 3 nitrogen and oxygen atoms in total. The van der Waals surface area contributed by atoms with Crippen molar-refractivity contribution in [2.45, 2.75) is 27.7 Å². The molecule has 0 amide bonds. The maximum Gasteiger partial charge on any atom is 0.0757 e. The highest BCUT2D eigenvalue weighted by Crippen LogP contribution is 2.03. The van der Waals surface area contributed by atoms with Crippen LogP contribution >= 0.6 is 0 Å². The molecule has 0 saturated heterocycles. The molecule has 0 aromatic heterocycles. The first-order valence-corrected chi connectivity index (χ1v) is 4.29. The maximum absolute atomic E-state index is 6.00. The molecule has 0 bridgehead atoms. The van der Waals surface area contributed by atoms with Crippen LogP contribution in [0.4, 0.5) is 0 Å². The molecule has 0 radical (unpaired) electrons. The molecule has 0 rings (SSSR count). The molecule has 0 atom stereocenters. The average molecular weight is 164 g/mol. The van der Waals surface area contributed by atoms with E-state index in [1.807, 2.05) is 0 Å². The molecule has 0 heterocycles. The van der Waals surface area contributed by atoms with Gasteiger partial charge in [0.05, 0.1) is 26.2 Å². The van der Waals surface area contributed by atoms with Crippen LogP contribution < -0.4 is 0 Å². The molecule has 0 fully saturated rings. The van der Waals surface area contributed by atoms with Gasteiger partial charge < -0.3 is 4.48 Å². The van der Waals surface area contributed by atoms with Crippen LogP contribution in [0.1, 0.15) is 27.7 Å². The summed E-state index contributed by atoms with van der Waals surface area (Å²) in [7, 11) is 0. The first-order chi connectivity index (χ1) is 5.24. The van der Waals surface area contributed by atoms with Crippen molar-refractivity contribution in [2.75, 3.05) is 26.2 Å². The molecule has 3 heteroatoms. The van der Waals surface area contributed by atoms with Crippen molar-refractivity contribution in [1.29, 1.82) is 0 Å². The van der Waals surface area contributed by atoms with Gasteiger partial charge in [-0.3, -0.25) is 10.5 Å². The highest BCUT2D eigenvalue weighted by Gasteiger charge is 2.16. The van der Waals surface area contributed by atoms with E-state index < -0.39 is 0 Å². The Kier molecular flexibility index (Phi) is 9.77. The van der Waals surface area contributed by atoms with Crippen LogP contribution in [0.15, 0.2) is 0 Å². The Bertz CT molecular complexity index is 55.0. The second-order valence-corrected chi connectivity index (χ2v) is 2.61. The number of hydrogen-bond acceptors (Lipinski definition) is 2. The van der Waals surface area contributed by atoms with Gasteiger partial charge in [-0.25, -0.2) is 0 Å². The number of quaternary nitrogens is 1. The van der Waals surface area contributed by atoms with Crippen LogP contribution in [-0.4, -0.2) is 41.2 Å². The van der Waals surface area contributed by atoms with Gasteiger partial charge >= 0.3 is 0 Å². The van der Waals surface area contributed by atoms with E-state index in [1.54, 1.807) is 0 Å². The van der Waals surface area contributed by atoms with Crippen molar-refractivity contribution in [1.82, 2.24) is 0 Å². The number of hydrogen-bond donors (Lipinski definition) is 2. The molecule has 0 aliphatic rings. The fourth-order valence-corrected chi connectivity index (χ4v) is 1.34. The van der Waals surface area contributed by atoms with E-state index in [4.69, 9.17) is 10.5 Å². The molecule has 0 aromatic rings. The fourth-order valence-electron chi connectivity index (χ4n) is 1.34. The lowest BCUT2D eigenvalue weighted by molar-refractivity contribution is -0.921. The van der Waals surface area contributed by atoms with Gasteiger partial charge in [0.15, 0.2) is 0 Å². The summed E-state index contributed by atoms with van der Waals surface area (Å²) in [5.41, 5.74) is 0. The molecule has 70 valence electrons. The summed E-state index contributed by atoms with van der Waals surface area (Å²) in [4.78, 5) is 0. The predicted molar refractivity (Wildman–Crippen MR) is 47.7 cm³/mol. The standard InChI is InChI=1S/C8H20N.H2O2/c1-5-9(6-2,7-3)8-4;1-2/h5-8H2,1-4H3;1-2H/q+1;. The van der Waals surface area contributed by atoms with Gasteiger partial charge in [0, 0.05) is 0 Å². The first kappa shape index (κ1) is 13.5. The normalized spacial score (nSPS) is 10.4. The van der Waals surface area contributed by atoms with Gasteiger partial charge in [-0.15, -0.1) is 0 Å². The van der Waals surface area contributed by atoms with Gasteiger partial charge in [-0.2, -0.15) is 0 Å². The van der Waals surface area contributed by atoms with E-state index in [-0.39, 0.29) is 0 Å². The van der Waals surface area contributed by atoms with Gasteiger partial charge in [0.1, 0.15) is 0 Å². The zero-order chi connectivity index (χ0) is 9.33. The van der Waals surface area contributed by atoms with E-state index in [9.17, 15) is 0 Å². The summed E-state index contributed by atoms with van der Waals surface area (Å²) >= 11 is 0. The zero-order valence-corrected chi connectivity index (χ0v) is 8.17. The minimum atomic E-state index is 1.28. The van der Waals surface area contributed by atoms with Gasteiger partial charge in [-0.1, -0.05) is 0 Å². The SMILES string of the molecule is CC[N+](CC)(CC)CC.OO. The molecule has 0 aromatic carbocycles. The summed E-state index contributed by atoms with van der Waals surface area (Å²) in [5, 5.41) is 12.0. The molecular formula is C8H22NO2+. The average Bonchev–Trinajstić information content (AvgIpc) is 2.13. The van der Waals surface area contributed by atoms with E-state index in [1.165, 1.54) is 30.7 Å². The molecule has 0 aliphatic heterocycles. The second-order valence-electron chi connectivity index (χ2n) is 2.61.